The van der Waals surface area contributed by atoms with E-state index in [2.05, 4.69) is 15.2 Å². The standard InChI is InChI=1S/C19H18N4O2S/c1-26-19-20-18(21-22-19)23-15(13-10-6-3-7-11-13)14(16(24)17(23)25)12-8-4-2-5-9-12/h2-11,15,17,24-25H,1H3,(H,20,21,22)/t15-,17+/m0/s1. The Labute approximate surface area is 155 Å². The number of hydrogen-bond donors (Lipinski definition) is 3. The maximum atomic E-state index is 10.8. The van der Waals surface area contributed by atoms with Crippen LogP contribution in [0.1, 0.15) is 17.2 Å². The Hall–Kier alpha value is -2.77. The lowest BCUT2D eigenvalue weighted by Gasteiger charge is -2.28. The predicted octanol–water partition coefficient (Wildman–Crippen LogP) is 3.38. The number of rotatable bonds is 4. The van der Waals surface area contributed by atoms with Crippen LogP contribution in [-0.2, 0) is 0 Å². The van der Waals surface area contributed by atoms with E-state index in [1.165, 1.54) is 11.8 Å². The van der Waals surface area contributed by atoms with Crippen molar-refractivity contribution in [2.75, 3.05) is 11.2 Å². The summed E-state index contributed by atoms with van der Waals surface area (Å²) < 4.78 is 0. The zero-order valence-corrected chi connectivity index (χ0v) is 14.9. The normalized spacial score (nSPS) is 20.0. The highest BCUT2D eigenvalue weighted by Gasteiger charge is 2.43. The van der Waals surface area contributed by atoms with E-state index in [0.29, 0.717) is 16.7 Å². The SMILES string of the molecule is CSc1n[nH]c(N2[C@H](O)C(O)=C(c3ccccc3)[C@@H]2c2ccccc2)n1. The van der Waals surface area contributed by atoms with Crippen LogP contribution in [-0.4, -0.2) is 37.9 Å². The number of nitrogens with zero attached hydrogens (tertiary/aromatic N) is 3. The van der Waals surface area contributed by atoms with Gasteiger partial charge >= 0.3 is 0 Å². The first kappa shape index (κ1) is 16.7. The van der Waals surface area contributed by atoms with Gasteiger partial charge in [0.15, 0.2) is 6.23 Å². The van der Waals surface area contributed by atoms with Crippen LogP contribution in [0.15, 0.2) is 71.6 Å². The number of H-pyrrole nitrogens is 1. The smallest absolute Gasteiger partial charge is 0.225 e. The van der Waals surface area contributed by atoms with Gasteiger partial charge in [-0.15, -0.1) is 5.10 Å². The molecule has 0 aliphatic carbocycles. The molecule has 1 aliphatic rings. The Morgan fingerprint density at radius 2 is 1.69 bits per heavy atom. The highest BCUT2D eigenvalue weighted by atomic mass is 32.2. The van der Waals surface area contributed by atoms with E-state index in [4.69, 9.17) is 0 Å². The van der Waals surface area contributed by atoms with Gasteiger partial charge in [0.2, 0.25) is 11.1 Å². The molecule has 3 N–H and O–H groups in total. The van der Waals surface area contributed by atoms with Gasteiger partial charge in [-0.2, -0.15) is 4.98 Å². The molecule has 6 nitrogen and oxygen atoms in total. The molecular formula is C19H18N4O2S. The zero-order valence-electron chi connectivity index (χ0n) is 14.1. The van der Waals surface area contributed by atoms with Crippen molar-refractivity contribution in [3.63, 3.8) is 0 Å². The number of anilines is 1. The molecule has 2 atom stereocenters. The number of aromatic amines is 1. The summed E-state index contributed by atoms with van der Waals surface area (Å²) in [6.45, 7) is 0. The second-order valence-corrected chi connectivity index (χ2v) is 6.68. The molecule has 0 spiro atoms. The molecule has 0 saturated heterocycles. The van der Waals surface area contributed by atoms with E-state index in [9.17, 15) is 10.2 Å². The fourth-order valence-electron chi connectivity index (χ4n) is 3.26. The minimum Gasteiger partial charge on any atom is -0.507 e. The number of aromatic nitrogens is 3. The quantitative estimate of drug-likeness (QED) is 0.614. The van der Waals surface area contributed by atoms with E-state index in [1.54, 1.807) is 4.90 Å². The predicted molar refractivity (Wildman–Crippen MR) is 102 cm³/mol. The van der Waals surface area contributed by atoms with Crippen molar-refractivity contribution < 1.29 is 10.2 Å². The number of aliphatic hydroxyl groups excluding tert-OH is 2. The van der Waals surface area contributed by atoms with Gasteiger partial charge in [-0.3, -0.25) is 4.90 Å². The Morgan fingerprint density at radius 1 is 1.04 bits per heavy atom. The van der Waals surface area contributed by atoms with Crippen molar-refractivity contribution in [2.24, 2.45) is 0 Å². The third-order valence-corrected chi connectivity index (χ3v) is 4.96. The van der Waals surface area contributed by atoms with Crippen LogP contribution in [0.3, 0.4) is 0 Å². The van der Waals surface area contributed by atoms with Crippen molar-refractivity contribution in [1.82, 2.24) is 15.2 Å². The highest BCUT2D eigenvalue weighted by Crippen LogP contribution is 2.46. The van der Waals surface area contributed by atoms with Gasteiger partial charge in [0, 0.05) is 5.57 Å². The summed E-state index contributed by atoms with van der Waals surface area (Å²) in [5.74, 6) is 0.334. The molecule has 1 aromatic heterocycles. The van der Waals surface area contributed by atoms with Crippen LogP contribution in [0.2, 0.25) is 0 Å². The van der Waals surface area contributed by atoms with Crippen LogP contribution in [0.4, 0.5) is 5.95 Å². The lowest BCUT2D eigenvalue weighted by atomic mass is 9.94. The highest BCUT2D eigenvalue weighted by molar-refractivity contribution is 7.98. The van der Waals surface area contributed by atoms with Crippen LogP contribution >= 0.6 is 11.8 Å². The molecule has 0 bridgehead atoms. The van der Waals surface area contributed by atoms with Gasteiger partial charge < -0.3 is 10.2 Å². The Morgan fingerprint density at radius 3 is 2.31 bits per heavy atom. The number of thioether (sulfide) groups is 1. The Bertz CT molecular complexity index is 927. The zero-order chi connectivity index (χ0) is 18.1. The largest absolute Gasteiger partial charge is 0.507 e. The third-order valence-electron chi connectivity index (χ3n) is 4.42. The summed E-state index contributed by atoms with van der Waals surface area (Å²) in [6.07, 6.45) is 0.672. The molecule has 2 aromatic carbocycles. The molecule has 26 heavy (non-hydrogen) atoms. The Balaban J connectivity index is 1.87. The molecule has 132 valence electrons. The number of nitrogens with one attached hydrogen (secondary N) is 1. The van der Waals surface area contributed by atoms with Crippen LogP contribution in [0.25, 0.3) is 5.57 Å². The molecule has 2 heterocycles. The summed E-state index contributed by atoms with van der Waals surface area (Å²) in [6, 6.07) is 18.9. The third kappa shape index (κ3) is 2.75. The van der Waals surface area contributed by atoms with Crippen molar-refractivity contribution >= 4 is 23.3 Å². The van der Waals surface area contributed by atoms with Crippen LogP contribution < -0.4 is 4.90 Å². The van der Waals surface area contributed by atoms with Crippen molar-refractivity contribution in [3.8, 4) is 0 Å². The first-order valence-electron chi connectivity index (χ1n) is 8.17. The summed E-state index contributed by atoms with van der Waals surface area (Å²) >= 11 is 1.41. The summed E-state index contributed by atoms with van der Waals surface area (Å²) in [5.41, 5.74) is 2.45. The van der Waals surface area contributed by atoms with Crippen molar-refractivity contribution in [2.45, 2.75) is 17.4 Å². The molecule has 0 radical (unpaired) electrons. The van der Waals surface area contributed by atoms with E-state index in [1.807, 2.05) is 66.9 Å². The molecule has 0 unspecified atom stereocenters. The number of benzene rings is 2. The lowest BCUT2D eigenvalue weighted by molar-refractivity contribution is 0.156. The molecule has 3 aromatic rings. The molecule has 1 aliphatic heterocycles. The molecule has 0 fully saturated rings. The van der Waals surface area contributed by atoms with E-state index < -0.39 is 12.3 Å². The first-order valence-corrected chi connectivity index (χ1v) is 9.39. The summed E-state index contributed by atoms with van der Waals surface area (Å²) in [5, 5.41) is 29.1. The summed E-state index contributed by atoms with van der Waals surface area (Å²) in [7, 11) is 0. The molecule has 7 heteroatoms. The molecular weight excluding hydrogens is 348 g/mol. The fraction of sp³-hybridized carbons (Fsp3) is 0.158. The maximum absolute atomic E-state index is 10.8. The molecule has 4 rings (SSSR count). The van der Waals surface area contributed by atoms with Crippen LogP contribution in [0, 0.1) is 0 Å². The Kier molecular flexibility index (Phi) is 4.40. The summed E-state index contributed by atoms with van der Waals surface area (Å²) in [4.78, 5) is 6.08. The number of aliphatic hydroxyl groups is 2. The second kappa shape index (κ2) is 6.86. The van der Waals surface area contributed by atoms with Gasteiger partial charge in [0.1, 0.15) is 5.76 Å². The minimum absolute atomic E-state index is 0.0767. The van der Waals surface area contributed by atoms with Gasteiger partial charge in [-0.25, -0.2) is 5.10 Å². The monoisotopic (exact) mass is 366 g/mol. The van der Waals surface area contributed by atoms with Crippen molar-refractivity contribution in [3.05, 3.63) is 77.5 Å². The topological polar surface area (TPSA) is 85.3 Å². The van der Waals surface area contributed by atoms with E-state index in [-0.39, 0.29) is 5.76 Å². The molecule has 0 saturated carbocycles. The lowest BCUT2D eigenvalue weighted by Crippen LogP contribution is -2.35. The molecule has 0 amide bonds. The number of hydrogen-bond acceptors (Lipinski definition) is 6. The minimum atomic E-state index is -1.21. The van der Waals surface area contributed by atoms with Crippen molar-refractivity contribution in [1.29, 1.82) is 0 Å². The van der Waals surface area contributed by atoms with Gasteiger partial charge in [-0.1, -0.05) is 72.4 Å². The average Bonchev–Trinajstić information content (AvgIpc) is 3.26. The van der Waals surface area contributed by atoms with E-state index >= 15 is 0 Å². The van der Waals surface area contributed by atoms with Gasteiger partial charge in [0.25, 0.3) is 0 Å². The average molecular weight is 366 g/mol. The van der Waals surface area contributed by atoms with E-state index in [0.717, 1.165) is 11.1 Å². The second-order valence-electron chi connectivity index (χ2n) is 5.90. The maximum Gasteiger partial charge on any atom is 0.225 e. The fourth-order valence-corrected chi connectivity index (χ4v) is 3.58. The first-order chi connectivity index (χ1) is 12.7. The van der Waals surface area contributed by atoms with Crippen LogP contribution in [0.5, 0.6) is 0 Å². The van der Waals surface area contributed by atoms with Gasteiger partial charge in [-0.05, 0) is 17.4 Å². The van der Waals surface area contributed by atoms with Gasteiger partial charge in [0.05, 0.1) is 6.04 Å².